The first-order valence-corrected chi connectivity index (χ1v) is 8.48. The maximum Gasteiger partial charge on any atom is 0.325 e. The van der Waals surface area contributed by atoms with Crippen LogP contribution >= 0.6 is 0 Å². The van der Waals surface area contributed by atoms with Crippen molar-refractivity contribution in [2.24, 2.45) is 0 Å². The minimum absolute atomic E-state index is 0.208. The first kappa shape index (κ1) is 16.5. The van der Waals surface area contributed by atoms with Crippen LogP contribution in [0.5, 0.6) is 0 Å². The lowest BCUT2D eigenvalue weighted by atomic mass is 9.95. The Balaban J connectivity index is 1.71. The lowest BCUT2D eigenvalue weighted by Gasteiger charge is -2.22. The molecule has 1 aromatic carbocycles. The molecule has 24 heavy (non-hydrogen) atoms. The van der Waals surface area contributed by atoms with Gasteiger partial charge in [0, 0.05) is 12.2 Å². The number of fused-ring (bicyclic) bond motifs is 1. The van der Waals surface area contributed by atoms with Crippen LogP contribution in [-0.4, -0.2) is 41.4 Å². The highest BCUT2D eigenvalue weighted by atomic mass is 16.2. The molecule has 1 N–H and O–H groups in total. The molecule has 0 radical (unpaired) electrons. The first-order valence-electron chi connectivity index (χ1n) is 8.48. The number of carbonyl (C=O) groups is 3. The highest BCUT2D eigenvalue weighted by molar-refractivity contribution is 6.10. The molecule has 1 fully saturated rings. The van der Waals surface area contributed by atoms with E-state index in [1.54, 1.807) is 11.8 Å². The van der Waals surface area contributed by atoms with Crippen molar-refractivity contribution in [3.05, 3.63) is 29.8 Å². The maximum absolute atomic E-state index is 12.6. The monoisotopic (exact) mass is 329 g/mol. The minimum atomic E-state index is -0.893. The fourth-order valence-electron chi connectivity index (χ4n) is 3.41. The van der Waals surface area contributed by atoms with Crippen LogP contribution in [0, 0.1) is 0 Å². The van der Waals surface area contributed by atoms with Crippen molar-refractivity contribution in [1.82, 2.24) is 10.2 Å². The second-order valence-electron chi connectivity index (χ2n) is 6.68. The van der Waals surface area contributed by atoms with Crippen LogP contribution in [0.1, 0.15) is 38.7 Å². The first-order chi connectivity index (χ1) is 11.5. The number of nitrogens with one attached hydrogen (secondary N) is 1. The molecule has 2 heterocycles. The topological polar surface area (TPSA) is 69.7 Å². The van der Waals surface area contributed by atoms with Crippen LogP contribution in [-0.2, 0) is 16.0 Å². The average Bonchev–Trinajstić information content (AvgIpc) is 3.08. The van der Waals surface area contributed by atoms with Crippen LogP contribution in [0.2, 0.25) is 0 Å². The van der Waals surface area contributed by atoms with Crippen LogP contribution in [0.25, 0.3) is 0 Å². The number of nitrogens with zero attached hydrogens (tertiary/aromatic N) is 2. The van der Waals surface area contributed by atoms with E-state index in [9.17, 15) is 14.4 Å². The Labute approximate surface area is 141 Å². The Hall–Kier alpha value is -2.37. The van der Waals surface area contributed by atoms with E-state index in [1.807, 2.05) is 31.2 Å². The Morgan fingerprint density at radius 2 is 2.04 bits per heavy atom. The van der Waals surface area contributed by atoms with Gasteiger partial charge in [-0.15, -0.1) is 0 Å². The molecule has 2 aliphatic rings. The van der Waals surface area contributed by atoms with E-state index in [4.69, 9.17) is 0 Å². The Kier molecular flexibility index (Phi) is 4.30. The van der Waals surface area contributed by atoms with Gasteiger partial charge in [-0.2, -0.15) is 0 Å². The van der Waals surface area contributed by atoms with Crippen molar-refractivity contribution in [3.63, 3.8) is 0 Å². The van der Waals surface area contributed by atoms with Gasteiger partial charge < -0.3 is 10.2 Å². The number of imide groups is 1. The van der Waals surface area contributed by atoms with Crippen LogP contribution in [0.15, 0.2) is 24.3 Å². The predicted octanol–water partition coefficient (Wildman–Crippen LogP) is 2.08. The second kappa shape index (κ2) is 6.26. The third kappa shape index (κ3) is 2.77. The number of hydrogen-bond acceptors (Lipinski definition) is 3. The molecule has 1 unspecified atom stereocenters. The van der Waals surface area contributed by atoms with Gasteiger partial charge in [0.15, 0.2) is 0 Å². The summed E-state index contributed by atoms with van der Waals surface area (Å²) in [6.07, 6.45) is 3.19. The van der Waals surface area contributed by atoms with E-state index >= 15 is 0 Å². The summed E-state index contributed by atoms with van der Waals surface area (Å²) in [6.45, 7) is 4.16. The zero-order chi connectivity index (χ0) is 17.3. The third-order valence-corrected chi connectivity index (χ3v) is 4.86. The molecular weight excluding hydrogens is 306 g/mol. The molecule has 0 bridgehead atoms. The normalized spacial score (nSPS) is 22.8. The summed E-state index contributed by atoms with van der Waals surface area (Å²) in [5, 5.41) is 2.75. The molecular formula is C18H23N3O3. The van der Waals surface area contributed by atoms with E-state index in [0.29, 0.717) is 13.0 Å². The molecule has 0 aliphatic carbocycles. The van der Waals surface area contributed by atoms with Crippen molar-refractivity contribution in [3.8, 4) is 0 Å². The predicted molar refractivity (Wildman–Crippen MR) is 90.7 cm³/mol. The molecule has 1 aromatic rings. The quantitative estimate of drug-likeness (QED) is 0.841. The number of unbranched alkanes of at least 4 members (excludes halogenated alkanes) is 1. The molecule has 3 rings (SSSR count). The molecule has 6 heteroatoms. The van der Waals surface area contributed by atoms with E-state index in [0.717, 1.165) is 35.4 Å². The minimum Gasteiger partial charge on any atom is -0.323 e. The molecule has 1 saturated heterocycles. The average molecular weight is 329 g/mol. The fraction of sp³-hybridized carbons (Fsp3) is 0.500. The SMILES string of the molecule is CCCCC1(C)NC(=O)N(CC(=O)N2CCc3ccccc32)C1=O. The van der Waals surface area contributed by atoms with Gasteiger partial charge in [0.05, 0.1) is 0 Å². The van der Waals surface area contributed by atoms with Crippen molar-refractivity contribution < 1.29 is 14.4 Å². The summed E-state index contributed by atoms with van der Waals surface area (Å²) in [6, 6.07) is 7.26. The van der Waals surface area contributed by atoms with Gasteiger partial charge in [-0.1, -0.05) is 38.0 Å². The lowest BCUT2D eigenvalue weighted by Crippen LogP contribution is -2.45. The maximum atomic E-state index is 12.6. The van der Waals surface area contributed by atoms with Crippen molar-refractivity contribution in [1.29, 1.82) is 0 Å². The lowest BCUT2D eigenvalue weighted by molar-refractivity contribution is -0.134. The van der Waals surface area contributed by atoms with Gasteiger partial charge >= 0.3 is 6.03 Å². The summed E-state index contributed by atoms with van der Waals surface area (Å²) in [5.74, 6) is -0.523. The summed E-state index contributed by atoms with van der Waals surface area (Å²) < 4.78 is 0. The summed E-state index contributed by atoms with van der Waals surface area (Å²) in [4.78, 5) is 40.1. The molecule has 4 amide bonds. The summed E-state index contributed by atoms with van der Waals surface area (Å²) in [7, 11) is 0. The van der Waals surface area contributed by atoms with Crippen LogP contribution < -0.4 is 10.2 Å². The highest BCUT2D eigenvalue weighted by Gasteiger charge is 2.48. The van der Waals surface area contributed by atoms with E-state index in [2.05, 4.69) is 5.32 Å². The number of urea groups is 1. The molecule has 0 aromatic heterocycles. The number of carbonyl (C=O) groups excluding carboxylic acids is 3. The smallest absolute Gasteiger partial charge is 0.323 e. The fourth-order valence-corrected chi connectivity index (χ4v) is 3.41. The Bertz CT molecular complexity index is 688. The Morgan fingerprint density at radius 1 is 1.29 bits per heavy atom. The van der Waals surface area contributed by atoms with Gasteiger partial charge in [-0.25, -0.2) is 4.79 Å². The largest absolute Gasteiger partial charge is 0.325 e. The highest BCUT2D eigenvalue weighted by Crippen LogP contribution is 2.28. The number of amides is 4. The van der Waals surface area contributed by atoms with E-state index in [1.165, 1.54) is 0 Å². The zero-order valence-electron chi connectivity index (χ0n) is 14.2. The van der Waals surface area contributed by atoms with Gasteiger partial charge in [0.2, 0.25) is 5.91 Å². The Morgan fingerprint density at radius 3 is 2.79 bits per heavy atom. The number of para-hydroxylation sites is 1. The van der Waals surface area contributed by atoms with Crippen molar-refractivity contribution in [2.75, 3.05) is 18.0 Å². The summed E-state index contributed by atoms with van der Waals surface area (Å²) in [5.41, 5.74) is 1.11. The number of benzene rings is 1. The third-order valence-electron chi connectivity index (χ3n) is 4.86. The summed E-state index contributed by atoms with van der Waals surface area (Å²) >= 11 is 0. The molecule has 2 aliphatic heterocycles. The van der Waals surface area contributed by atoms with Gasteiger partial charge in [-0.05, 0) is 31.4 Å². The van der Waals surface area contributed by atoms with E-state index in [-0.39, 0.29) is 18.4 Å². The van der Waals surface area contributed by atoms with Gasteiger partial charge in [0.25, 0.3) is 5.91 Å². The standard InChI is InChI=1S/C18H23N3O3/c1-3-4-10-18(2)16(23)21(17(24)19-18)12-15(22)20-11-9-13-7-5-6-8-14(13)20/h5-8H,3-4,9-12H2,1-2H3,(H,19,24). The van der Waals surface area contributed by atoms with E-state index < -0.39 is 11.6 Å². The molecule has 0 spiro atoms. The van der Waals surface area contributed by atoms with Crippen LogP contribution in [0.4, 0.5) is 10.5 Å². The number of anilines is 1. The van der Waals surface area contributed by atoms with Gasteiger partial charge in [-0.3, -0.25) is 14.5 Å². The number of hydrogen-bond donors (Lipinski definition) is 1. The molecule has 0 saturated carbocycles. The number of rotatable bonds is 5. The zero-order valence-corrected chi connectivity index (χ0v) is 14.2. The molecule has 128 valence electrons. The second-order valence-corrected chi connectivity index (χ2v) is 6.68. The van der Waals surface area contributed by atoms with Gasteiger partial charge in [0.1, 0.15) is 12.1 Å². The molecule has 6 nitrogen and oxygen atoms in total. The van der Waals surface area contributed by atoms with Crippen molar-refractivity contribution in [2.45, 2.75) is 45.1 Å². The molecule has 1 atom stereocenters. The van der Waals surface area contributed by atoms with Crippen molar-refractivity contribution >= 4 is 23.5 Å². The van der Waals surface area contributed by atoms with Crippen LogP contribution in [0.3, 0.4) is 0 Å².